The maximum Gasteiger partial charge on any atom is 0.142 e. The Morgan fingerprint density at radius 2 is 1.84 bits per heavy atom. The number of benzene rings is 2. The van der Waals surface area contributed by atoms with Crippen LogP contribution in [0, 0.1) is 5.82 Å². The standard InChI is InChI=1S/C15H10ClFOS/c16-14-10(5-3-6-12(14)17)15(18)11-8-19-13-7-2-1-4-9(11)13/h1-8,15,18H. The van der Waals surface area contributed by atoms with Crippen LogP contribution in [0.2, 0.25) is 5.02 Å². The lowest BCUT2D eigenvalue weighted by molar-refractivity contribution is 0.222. The summed E-state index contributed by atoms with van der Waals surface area (Å²) in [6, 6.07) is 12.3. The Balaban J connectivity index is 2.13. The lowest BCUT2D eigenvalue weighted by atomic mass is 10.0. The third-order valence-electron chi connectivity index (χ3n) is 3.08. The normalized spacial score (nSPS) is 12.8. The fraction of sp³-hybridized carbons (Fsp3) is 0.0667. The van der Waals surface area contributed by atoms with Gasteiger partial charge < -0.3 is 5.11 Å². The highest BCUT2D eigenvalue weighted by Crippen LogP contribution is 2.36. The first-order chi connectivity index (χ1) is 9.18. The van der Waals surface area contributed by atoms with Crippen LogP contribution in [-0.4, -0.2) is 5.11 Å². The van der Waals surface area contributed by atoms with Crippen LogP contribution in [-0.2, 0) is 0 Å². The number of rotatable bonds is 2. The van der Waals surface area contributed by atoms with E-state index < -0.39 is 11.9 Å². The molecule has 4 heteroatoms. The second kappa shape index (κ2) is 4.93. The summed E-state index contributed by atoms with van der Waals surface area (Å²) in [5, 5.41) is 13.3. The zero-order chi connectivity index (χ0) is 13.4. The second-order valence-corrected chi connectivity index (χ2v) is 5.52. The molecule has 0 saturated heterocycles. The zero-order valence-corrected chi connectivity index (χ0v) is 11.4. The van der Waals surface area contributed by atoms with Crippen molar-refractivity contribution in [1.82, 2.24) is 0 Å². The van der Waals surface area contributed by atoms with Crippen molar-refractivity contribution in [2.75, 3.05) is 0 Å². The van der Waals surface area contributed by atoms with Crippen molar-refractivity contribution in [3.63, 3.8) is 0 Å². The van der Waals surface area contributed by atoms with Gasteiger partial charge in [0.15, 0.2) is 0 Å². The third-order valence-corrected chi connectivity index (χ3v) is 4.46. The van der Waals surface area contributed by atoms with E-state index in [9.17, 15) is 9.50 Å². The maximum absolute atomic E-state index is 13.5. The van der Waals surface area contributed by atoms with Gasteiger partial charge in [-0.1, -0.05) is 41.9 Å². The molecule has 0 aliphatic rings. The summed E-state index contributed by atoms with van der Waals surface area (Å²) in [5.41, 5.74) is 1.15. The van der Waals surface area contributed by atoms with Crippen molar-refractivity contribution in [2.45, 2.75) is 6.10 Å². The molecule has 96 valence electrons. The quantitative estimate of drug-likeness (QED) is 0.721. The van der Waals surface area contributed by atoms with E-state index in [-0.39, 0.29) is 5.02 Å². The van der Waals surface area contributed by atoms with Crippen molar-refractivity contribution < 1.29 is 9.50 Å². The maximum atomic E-state index is 13.5. The summed E-state index contributed by atoms with van der Waals surface area (Å²) in [7, 11) is 0. The molecule has 0 aliphatic carbocycles. The van der Waals surface area contributed by atoms with Crippen LogP contribution in [0.4, 0.5) is 4.39 Å². The molecular formula is C15H10ClFOS. The van der Waals surface area contributed by atoms with Gasteiger partial charge in [-0.05, 0) is 22.9 Å². The van der Waals surface area contributed by atoms with E-state index in [1.54, 1.807) is 23.5 Å². The first-order valence-corrected chi connectivity index (χ1v) is 7.02. The first kappa shape index (κ1) is 12.6. The molecule has 0 aliphatic heterocycles. The summed E-state index contributed by atoms with van der Waals surface area (Å²) < 4.78 is 14.5. The van der Waals surface area contributed by atoms with Crippen LogP contribution in [0.25, 0.3) is 10.1 Å². The highest BCUT2D eigenvalue weighted by molar-refractivity contribution is 7.17. The average molecular weight is 293 g/mol. The monoisotopic (exact) mass is 292 g/mol. The molecule has 0 amide bonds. The fourth-order valence-corrected chi connectivity index (χ4v) is 3.32. The molecule has 0 fully saturated rings. The van der Waals surface area contributed by atoms with Crippen LogP contribution in [0.3, 0.4) is 0 Å². The highest BCUT2D eigenvalue weighted by atomic mass is 35.5. The van der Waals surface area contributed by atoms with Crippen LogP contribution >= 0.6 is 22.9 Å². The van der Waals surface area contributed by atoms with Crippen LogP contribution in [0.5, 0.6) is 0 Å². The SMILES string of the molecule is OC(c1cccc(F)c1Cl)c1csc2ccccc12. The molecular weight excluding hydrogens is 283 g/mol. The Morgan fingerprint density at radius 3 is 2.68 bits per heavy atom. The number of hydrogen-bond donors (Lipinski definition) is 1. The minimum atomic E-state index is -0.917. The lowest BCUT2D eigenvalue weighted by Gasteiger charge is -2.12. The van der Waals surface area contributed by atoms with E-state index in [1.807, 2.05) is 29.6 Å². The number of fused-ring (bicyclic) bond motifs is 1. The predicted molar refractivity (Wildman–Crippen MR) is 77.3 cm³/mol. The van der Waals surface area contributed by atoms with Crippen LogP contribution in [0.1, 0.15) is 17.2 Å². The molecule has 0 bridgehead atoms. The molecule has 3 aromatic rings. The first-order valence-electron chi connectivity index (χ1n) is 5.76. The second-order valence-electron chi connectivity index (χ2n) is 4.23. The summed E-state index contributed by atoms with van der Waals surface area (Å²) >= 11 is 7.47. The molecule has 2 aromatic carbocycles. The minimum absolute atomic E-state index is 0.0229. The lowest BCUT2D eigenvalue weighted by Crippen LogP contribution is -2.00. The topological polar surface area (TPSA) is 20.2 Å². The summed E-state index contributed by atoms with van der Waals surface area (Å²) in [6.45, 7) is 0. The Labute approximate surface area is 118 Å². The van der Waals surface area contributed by atoms with E-state index in [0.29, 0.717) is 5.56 Å². The van der Waals surface area contributed by atoms with Gasteiger partial charge in [0, 0.05) is 15.8 Å². The minimum Gasteiger partial charge on any atom is -0.384 e. The molecule has 0 radical (unpaired) electrons. The van der Waals surface area contributed by atoms with Crippen molar-refractivity contribution in [2.24, 2.45) is 0 Å². The molecule has 1 unspecified atom stereocenters. The predicted octanol–water partition coefficient (Wildman–Crippen LogP) is 4.78. The van der Waals surface area contributed by atoms with Crippen LogP contribution < -0.4 is 0 Å². The Kier molecular flexibility index (Phi) is 3.27. The van der Waals surface area contributed by atoms with Gasteiger partial charge in [-0.25, -0.2) is 4.39 Å². The Morgan fingerprint density at radius 1 is 1.05 bits per heavy atom. The van der Waals surface area contributed by atoms with Gasteiger partial charge in [-0.15, -0.1) is 11.3 Å². The van der Waals surface area contributed by atoms with Gasteiger partial charge in [-0.2, -0.15) is 0 Å². The highest BCUT2D eigenvalue weighted by Gasteiger charge is 2.19. The average Bonchev–Trinajstić information content (AvgIpc) is 2.85. The van der Waals surface area contributed by atoms with Crippen molar-refractivity contribution in [1.29, 1.82) is 0 Å². The summed E-state index contributed by atoms with van der Waals surface area (Å²) in [6.07, 6.45) is -0.917. The Hall–Kier alpha value is -1.42. The molecule has 1 heterocycles. The zero-order valence-electron chi connectivity index (χ0n) is 9.81. The van der Waals surface area contributed by atoms with Gasteiger partial charge in [0.1, 0.15) is 11.9 Å². The van der Waals surface area contributed by atoms with Crippen molar-refractivity contribution in [3.8, 4) is 0 Å². The molecule has 0 saturated carbocycles. The fourth-order valence-electron chi connectivity index (χ4n) is 2.11. The van der Waals surface area contributed by atoms with E-state index >= 15 is 0 Å². The summed E-state index contributed by atoms with van der Waals surface area (Å²) in [4.78, 5) is 0. The molecule has 1 nitrogen and oxygen atoms in total. The van der Waals surface area contributed by atoms with Gasteiger partial charge >= 0.3 is 0 Å². The molecule has 0 spiro atoms. The summed E-state index contributed by atoms with van der Waals surface area (Å²) in [5.74, 6) is -0.516. The largest absolute Gasteiger partial charge is 0.384 e. The molecule has 1 N–H and O–H groups in total. The van der Waals surface area contributed by atoms with E-state index in [2.05, 4.69) is 0 Å². The van der Waals surface area contributed by atoms with E-state index in [1.165, 1.54) is 6.07 Å². The van der Waals surface area contributed by atoms with Gasteiger partial charge in [0.05, 0.1) is 5.02 Å². The number of hydrogen-bond acceptors (Lipinski definition) is 2. The smallest absolute Gasteiger partial charge is 0.142 e. The van der Waals surface area contributed by atoms with Crippen molar-refractivity contribution in [3.05, 3.63) is 69.8 Å². The molecule has 1 aromatic heterocycles. The van der Waals surface area contributed by atoms with E-state index in [4.69, 9.17) is 11.6 Å². The molecule has 19 heavy (non-hydrogen) atoms. The van der Waals surface area contributed by atoms with Gasteiger partial charge in [0.2, 0.25) is 0 Å². The van der Waals surface area contributed by atoms with Crippen molar-refractivity contribution >= 4 is 33.0 Å². The number of aliphatic hydroxyl groups is 1. The number of halogens is 2. The molecule has 1 atom stereocenters. The molecule has 3 rings (SSSR count). The van der Waals surface area contributed by atoms with Crippen LogP contribution in [0.15, 0.2) is 47.8 Å². The van der Waals surface area contributed by atoms with E-state index in [0.717, 1.165) is 15.6 Å². The number of thiophene rings is 1. The number of aliphatic hydroxyl groups excluding tert-OH is 1. The Bertz CT molecular complexity index is 738. The van der Waals surface area contributed by atoms with Gasteiger partial charge in [0.25, 0.3) is 0 Å². The van der Waals surface area contributed by atoms with Gasteiger partial charge in [-0.3, -0.25) is 0 Å². The third kappa shape index (κ3) is 2.14.